The van der Waals surface area contributed by atoms with Crippen LogP contribution < -0.4 is 10.2 Å². The third kappa shape index (κ3) is 4.64. The Morgan fingerprint density at radius 3 is 2.26 bits per heavy atom. The summed E-state index contributed by atoms with van der Waals surface area (Å²) < 4.78 is 42.4. The SMILES string of the molecule is CC(NCc1ccc(N2C=C(C(F)(F)F)OC2)cc1)C(C)(C)C. The first-order valence-electron chi connectivity index (χ1n) is 7.58. The Labute approximate surface area is 135 Å². The lowest BCUT2D eigenvalue weighted by Gasteiger charge is -2.28. The standard InChI is InChI=1S/C17H23F3N2O/c1-12(16(2,3)4)21-9-13-5-7-14(8-6-13)22-10-15(23-11-22)17(18,19)20/h5-8,10,12,21H,9,11H2,1-4H3. The van der Waals surface area contributed by atoms with Crippen LogP contribution in [0.15, 0.2) is 36.2 Å². The normalized spacial score (nSPS) is 17.0. The van der Waals surface area contributed by atoms with Crippen molar-refractivity contribution in [2.75, 3.05) is 11.6 Å². The Kier molecular flexibility index (Phi) is 4.94. The molecule has 1 aliphatic rings. The predicted octanol–water partition coefficient (Wildman–Crippen LogP) is 4.41. The van der Waals surface area contributed by atoms with Crippen LogP contribution in [0.2, 0.25) is 0 Å². The lowest BCUT2D eigenvalue weighted by molar-refractivity contribution is -0.126. The van der Waals surface area contributed by atoms with Crippen molar-refractivity contribution in [1.29, 1.82) is 0 Å². The fourth-order valence-corrected chi connectivity index (χ4v) is 2.04. The van der Waals surface area contributed by atoms with Gasteiger partial charge in [0.2, 0.25) is 5.76 Å². The lowest BCUT2D eigenvalue weighted by atomic mass is 9.88. The second kappa shape index (κ2) is 6.43. The average Bonchev–Trinajstić information content (AvgIpc) is 2.94. The van der Waals surface area contributed by atoms with E-state index in [0.717, 1.165) is 18.3 Å². The number of alkyl halides is 3. The van der Waals surface area contributed by atoms with Crippen LogP contribution in [0, 0.1) is 5.41 Å². The van der Waals surface area contributed by atoms with Gasteiger partial charge in [-0.3, -0.25) is 0 Å². The van der Waals surface area contributed by atoms with Gasteiger partial charge in [-0.25, -0.2) is 0 Å². The number of ether oxygens (including phenoxy) is 1. The number of rotatable bonds is 4. The minimum absolute atomic E-state index is 0.118. The van der Waals surface area contributed by atoms with Crippen LogP contribution in [0.5, 0.6) is 0 Å². The first-order valence-corrected chi connectivity index (χ1v) is 7.58. The van der Waals surface area contributed by atoms with E-state index in [-0.39, 0.29) is 12.1 Å². The van der Waals surface area contributed by atoms with Crippen molar-refractivity contribution < 1.29 is 17.9 Å². The molecule has 6 heteroatoms. The van der Waals surface area contributed by atoms with Gasteiger partial charge in [-0.2, -0.15) is 13.2 Å². The fourth-order valence-electron chi connectivity index (χ4n) is 2.04. The van der Waals surface area contributed by atoms with E-state index in [1.165, 1.54) is 4.90 Å². The first kappa shape index (κ1) is 17.7. The van der Waals surface area contributed by atoms with Crippen molar-refractivity contribution in [2.24, 2.45) is 5.41 Å². The second-order valence-electron chi connectivity index (χ2n) is 6.87. The molecule has 0 bridgehead atoms. The molecule has 23 heavy (non-hydrogen) atoms. The molecule has 0 saturated carbocycles. The van der Waals surface area contributed by atoms with Crippen molar-refractivity contribution in [1.82, 2.24) is 5.32 Å². The number of nitrogens with zero attached hydrogens (tertiary/aromatic N) is 1. The van der Waals surface area contributed by atoms with E-state index in [2.05, 4.69) is 37.7 Å². The fraction of sp³-hybridized carbons (Fsp3) is 0.529. The predicted molar refractivity (Wildman–Crippen MR) is 84.8 cm³/mol. The van der Waals surface area contributed by atoms with Crippen molar-refractivity contribution in [2.45, 2.75) is 46.5 Å². The van der Waals surface area contributed by atoms with Crippen molar-refractivity contribution in [3.63, 3.8) is 0 Å². The van der Waals surface area contributed by atoms with E-state index >= 15 is 0 Å². The molecule has 1 aromatic rings. The highest BCUT2D eigenvalue weighted by atomic mass is 19.4. The Hall–Kier alpha value is -1.69. The number of anilines is 1. The maximum Gasteiger partial charge on any atom is 0.450 e. The van der Waals surface area contributed by atoms with Gasteiger partial charge in [0, 0.05) is 18.3 Å². The molecule has 0 amide bonds. The molecule has 0 fully saturated rings. The molecule has 0 spiro atoms. The van der Waals surface area contributed by atoms with Crippen LogP contribution in [0.25, 0.3) is 0 Å². The highest BCUT2D eigenvalue weighted by Gasteiger charge is 2.39. The zero-order valence-electron chi connectivity index (χ0n) is 13.9. The van der Waals surface area contributed by atoms with E-state index in [0.29, 0.717) is 11.7 Å². The zero-order valence-corrected chi connectivity index (χ0v) is 13.9. The molecule has 1 N–H and O–H groups in total. The van der Waals surface area contributed by atoms with Crippen LogP contribution in [-0.4, -0.2) is 18.9 Å². The minimum atomic E-state index is -4.44. The quantitative estimate of drug-likeness (QED) is 0.886. The average molecular weight is 328 g/mol. The molecular formula is C17H23F3N2O. The largest absolute Gasteiger partial charge is 0.466 e. The van der Waals surface area contributed by atoms with Crippen molar-refractivity contribution in [3.05, 3.63) is 41.8 Å². The molecule has 1 atom stereocenters. The Bertz CT molecular complexity index is 559. The van der Waals surface area contributed by atoms with Gasteiger partial charge in [0.25, 0.3) is 0 Å². The molecule has 2 rings (SSSR count). The summed E-state index contributed by atoms with van der Waals surface area (Å²) in [5, 5.41) is 3.46. The smallest absolute Gasteiger partial charge is 0.450 e. The summed E-state index contributed by atoms with van der Waals surface area (Å²) in [6.45, 7) is 9.26. The monoisotopic (exact) mass is 328 g/mol. The number of benzene rings is 1. The number of hydrogen-bond acceptors (Lipinski definition) is 3. The molecule has 128 valence electrons. The van der Waals surface area contributed by atoms with E-state index in [4.69, 9.17) is 0 Å². The Morgan fingerprint density at radius 2 is 1.78 bits per heavy atom. The Balaban J connectivity index is 1.97. The summed E-state index contributed by atoms with van der Waals surface area (Å²) in [6.07, 6.45) is -3.45. The maximum absolute atomic E-state index is 12.6. The molecule has 0 aliphatic carbocycles. The molecule has 0 radical (unpaired) electrons. The summed E-state index contributed by atoms with van der Waals surface area (Å²) in [5.74, 6) is -0.956. The zero-order chi connectivity index (χ0) is 17.3. The summed E-state index contributed by atoms with van der Waals surface area (Å²) in [4.78, 5) is 1.44. The van der Waals surface area contributed by atoms with Gasteiger partial charge in [-0.05, 0) is 30.0 Å². The summed E-state index contributed by atoms with van der Waals surface area (Å²) in [5.41, 5.74) is 1.94. The van der Waals surface area contributed by atoms with Gasteiger partial charge in [-0.15, -0.1) is 0 Å². The number of nitrogens with one attached hydrogen (secondary N) is 1. The summed E-state index contributed by atoms with van der Waals surface area (Å²) in [6, 6.07) is 7.79. The van der Waals surface area contributed by atoms with Gasteiger partial charge in [0.05, 0.1) is 6.20 Å². The highest BCUT2D eigenvalue weighted by molar-refractivity contribution is 5.51. The van der Waals surface area contributed by atoms with E-state index in [1.807, 2.05) is 12.1 Å². The number of hydrogen-bond donors (Lipinski definition) is 1. The van der Waals surface area contributed by atoms with Crippen molar-refractivity contribution >= 4 is 5.69 Å². The topological polar surface area (TPSA) is 24.5 Å². The third-order valence-corrected chi connectivity index (χ3v) is 4.09. The van der Waals surface area contributed by atoms with Gasteiger partial charge in [0.15, 0.2) is 6.73 Å². The summed E-state index contributed by atoms with van der Waals surface area (Å²) >= 11 is 0. The molecule has 3 nitrogen and oxygen atoms in total. The molecule has 1 aromatic carbocycles. The summed E-state index contributed by atoms with van der Waals surface area (Å²) in [7, 11) is 0. The molecule has 1 unspecified atom stereocenters. The Morgan fingerprint density at radius 1 is 1.17 bits per heavy atom. The number of halogens is 3. The first-order chi connectivity index (χ1) is 10.6. The third-order valence-electron chi connectivity index (χ3n) is 4.09. The van der Waals surface area contributed by atoms with Crippen LogP contribution in [0.1, 0.15) is 33.3 Å². The van der Waals surface area contributed by atoms with Gasteiger partial charge < -0.3 is 15.0 Å². The van der Waals surface area contributed by atoms with Crippen molar-refractivity contribution in [3.8, 4) is 0 Å². The second-order valence-corrected chi connectivity index (χ2v) is 6.87. The molecule has 0 aromatic heterocycles. The molecule has 0 saturated heterocycles. The van der Waals surface area contributed by atoms with E-state index in [9.17, 15) is 13.2 Å². The van der Waals surface area contributed by atoms with E-state index in [1.54, 1.807) is 12.1 Å². The molecular weight excluding hydrogens is 305 g/mol. The van der Waals surface area contributed by atoms with Crippen LogP contribution in [0.4, 0.5) is 18.9 Å². The maximum atomic E-state index is 12.6. The van der Waals surface area contributed by atoms with E-state index < -0.39 is 11.9 Å². The van der Waals surface area contributed by atoms with Crippen LogP contribution in [0.3, 0.4) is 0 Å². The van der Waals surface area contributed by atoms with Gasteiger partial charge in [0.1, 0.15) is 0 Å². The highest BCUT2D eigenvalue weighted by Crippen LogP contribution is 2.32. The lowest BCUT2D eigenvalue weighted by Crippen LogP contribution is -2.37. The van der Waals surface area contributed by atoms with Gasteiger partial charge in [-0.1, -0.05) is 32.9 Å². The molecule has 1 aliphatic heterocycles. The minimum Gasteiger partial charge on any atom is -0.466 e. The van der Waals surface area contributed by atoms with Crippen LogP contribution >= 0.6 is 0 Å². The van der Waals surface area contributed by atoms with Gasteiger partial charge >= 0.3 is 6.18 Å². The van der Waals surface area contributed by atoms with Crippen LogP contribution in [-0.2, 0) is 11.3 Å². The molecule has 1 heterocycles. The number of allylic oxidation sites excluding steroid dienone is 1.